The Morgan fingerprint density at radius 2 is 1.60 bits per heavy atom. The normalized spacial score (nSPS) is 27.4. The minimum Gasteiger partial charge on any atom is -0.510 e. The van der Waals surface area contributed by atoms with Crippen LogP contribution in [0.2, 0.25) is 0 Å². The molecule has 0 saturated heterocycles. The summed E-state index contributed by atoms with van der Waals surface area (Å²) in [6.07, 6.45) is 10.8. The van der Waals surface area contributed by atoms with E-state index in [-0.39, 0.29) is 40.9 Å². The van der Waals surface area contributed by atoms with Crippen molar-refractivity contribution in [2.45, 2.75) is 93.9 Å². The molecular formula is C37H48O5. The van der Waals surface area contributed by atoms with Gasteiger partial charge in [-0.25, -0.2) is 0 Å². The smallest absolute Gasteiger partial charge is 0.226 e. The Hall–Kier alpha value is -3.34. The fourth-order valence-electron chi connectivity index (χ4n) is 7.11. The van der Waals surface area contributed by atoms with E-state index in [0.29, 0.717) is 19.3 Å². The Kier molecular flexibility index (Phi) is 9.56. The van der Waals surface area contributed by atoms with Gasteiger partial charge >= 0.3 is 0 Å². The number of ketones is 4. The average Bonchev–Trinajstić information content (AvgIpc) is 2.88. The molecule has 5 heteroatoms. The lowest BCUT2D eigenvalue weighted by atomic mass is 9.39. The second-order valence-corrected chi connectivity index (χ2v) is 13.9. The van der Waals surface area contributed by atoms with Crippen LogP contribution >= 0.6 is 0 Å². The van der Waals surface area contributed by atoms with Crippen LogP contribution in [-0.4, -0.2) is 28.2 Å². The Bertz CT molecular complexity index is 1380. The predicted molar refractivity (Wildman–Crippen MR) is 169 cm³/mol. The van der Waals surface area contributed by atoms with Crippen molar-refractivity contribution in [1.29, 1.82) is 0 Å². The van der Waals surface area contributed by atoms with Crippen LogP contribution in [0.15, 0.2) is 82.7 Å². The molecular weight excluding hydrogens is 524 g/mol. The van der Waals surface area contributed by atoms with Crippen LogP contribution < -0.4 is 0 Å². The molecule has 2 bridgehead atoms. The molecule has 1 N–H and O–H groups in total. The van der Waals surface area contributed by atoms with Gasteiger partial charge in [0.25, 0.3) is 0 Å². The van der Waals surface area contributed by atoms with Crippen LogP contribution in [0.3, 0.4) is 0 Å². The van der Waals surface area contributed by atoms with Crippen molar-refractivity contribution < 1.29 is 24.3 Å². The zero-order valence-electron chi connectivity index (χ0n) is 26.8. The number of allylic oxidation sites excluding steroid dienone is 12. The number of aliphatic hydroxyl groups excluding tert-OH is 1. The van der Waals surface area contributed by atoms with Crippen LogP contribution in [0.5, 0.6) is 0 Å². The molecule has 226 valence electrons. The molecule has 0 unspecified atom stereocenters. The number of aliphatic hydroxyl groups is 1. The minimum atomic E-state index is -1.47. The van der Waals surface area contributed by atoms with Crippen molar-refractivity contribution in [3.63, 3.8) is 0 Å². The molecule has 5 nitrogen and oxygen atoms in total. The molecule has 0 amide bonds. The molecule has 0 aromatic rings. The molecule has 1 fully saturated rings. The first-order chi connectivity index (χ1) is 19.4. The maximum atomic E-state index is 15.2. The number of carbonyl (C=O) groups is 4. The topological polar surface area (TPSA) is 88.5 Å². The first kappa shape index (κ1) is 33.2. The number of carbonyl (C=O) groups excluding carboxylic acids is 4. The lowest BCUT2D eigenvalue weighted by molar-refractivity contribution is -0.172. The lowest BCUT2D eigenvalue weighted by Gasteiger charge is -2.61. The molecule has 0 aromatic carbocycles. The summed E-state index contributed by atoms with van der Waals surface area (Å²) in [5, 5.41) is 12.2. The highest BCUT2D eigenvalue weighted by Gasteiger charge is 2.72. The maximum Gasteiger partial charge on any atom is 0.226 e. The van der Waals surface area contributed by atoms with Crippen molar-refractivity contribution in [1.82, 2.24) is 0 Å². The molecule has 3 aliphatic carbocycles. The number of rotatable bonds is 11. The van der Waals surface area contributed by atoms with E-state index in [4.69, 9.17) is 0 Å². The van der Waals surface area contributed by atoms with Crippen molar-refractivity contribution in [2.75, 3.05) is 0 Å². The summed E-state index contributed by atoms with van der Waals surface area (Å²) in [5.41, 5.74) is 0.631. The molecule has 4 atom stereocenters. The first-order valence-corrected chi connectivity index (χ1v) is 15.0. The Morgan fingerprint density at radius 1 is 0.976 bits per heavy atom. The third-order valence-electron chi connectivity index (χ3n) is 9.91. The highest BCUT2D eigenvalue weighted by Crippen LogP contribution is 2.67. The van der Waals surface area contributed by atoms with E-state index in [9.17, 15) is 19.5 Å². The van der Waals surface area contributed by atoms with Gasteiger partial charge in [0.15, 0.2) is 11.6 Å². The quantitative estimate of drug-likeness (QED) is 0.117. The van der Waals surface area contributed by atoms with Gasteiger partial charge in [-0.15, -0.1) is 6.58 Å². The third-order valence-corrected chi connectivity index (χ3v) is 9.91. The van der Waals surface area contributed by atoms with Gasteiger partial charge in [-0.2, -0.15) is 0 Å². The van der Waals surface area contributed by atoms with Crippen LogP contribution in [-0.2, 0) is 19.2 Å². The molecule has 0 aromatic heterocycles. The molecule has 42 heavy (non-hydrogen) atoms. The molecule has 3 aliphatic rings. The summed E-state index contributed by atoms with van der Waals surface area (Å²) in [6.45, 7) is 24.2. The van der Waals surface area contributed by atoms with E-state index in [1.807, 2.05) is 61.5 Å². The van der Waals surface area contributed by atoms with Crippen LogP contribution in [0.25, 0.3) is 0 Å². The van der Waals surface area contributed by atoms with Gasteiger partial charge in [0, 0.05) is 0 Å². The van der Waals surface area contributed by atoms with E-state index < -0.39 is 33.6 Å². The van der Waals surface area contributed by atoms with Gasteiger partial charge in [-0.05, 0) is 121 Å². The fourth-order valence-corrected chi connectivity index (χ4v) is 7.11. The average molecular weight is 573 g/mol. The maximum absolute atomic E-state index is 15.2. The largest absolute Gasteiger partial charge is 0.510 e. The highest BCUT2D eigenvalue weighted by molar-refractivity contribution is 6.47. The summed E-state index contributed by atoms with van der Waals surface area (Å²) in [7, 11) is 0. The van der Waals surface area contributed by atoms with Crippen LogP contribution in [0.4, 0.5) is 0 Å². The monoisotopic (exact) mass is 572 g/mol. The van der Waals surface area contributed by atoms with Gasteiger partial charge in [-0.3, -0.25) is 19.2 Å². The fraction of sp³-hybridized carbons (Fsp3) is 0.514. The van der Waals surface area contributed by atoms with Gasteiger partial charge in [0.05, 0.1) is 11.0 Å². The lowest BCUT2D eigenvalue weighted by Crippen LogP contribution is -2.67. The zero-order valence-corrected chi connectivity index (χ0v) is 26.8. The number of hydrogen-bond donors (Lipinski definition) is 1. The summed E-state index contributed by atoms with van der Waals surface area (Å²) >= 11 is 0. The summed E-state index contributed by atoms with van der Waals surface area (Å²) in [5.74, 6) is -2.63. The summed E-state index contributed by atoms with van der Waals surface area (Å²) in [6, 6.07) is 0. The van der Waals surface area contributed by atoms with E-state index in [1.54, 1.807) is 0 Å². The first-order valence-electron chi connectivity index (χ1n) is 15.0. The Balaban J connectivity index is 2.44. The number of Topliss-reactive ketones (excluding diaryl/α,β-unsaturated/α-hetero) is 2. The second kappa shape index (κ2) is 12.1. The van der Waals surface area contributed by atoms with Crippen molar-refractivity contribution in [3.8, 4) is 0 Å². The molecule has 3 rings (SSSR count). The summed E-state index contributed by atoms with van der Waals surface area (Å²) in [4.78, 5) is 54.6. The minimum absolute atomic E-state index is 0.0111. The zero-order chi connectivity index (χ0) is 31.8. The summed E-state index contributed by atoms with van der Waals surface area (Å²) < 4.78 is 0. The van der Waals surface area contributed by atoms with Gasteiger partial charge in [0.2, 0.25) is 11.6 Å². The van der Waals surface area contributed by atoms with E-state index >= 15 is 4.79 Å². The number of hydrogen-bond acceptors (Lipinski definition) is 5. The predicted octanol–water partition coefficient (Wildman–Crippen LogP) is 8.25. The van der Waals surface area contributed by atoms with Gasteiger partial charge in [0.1, 0.15) is 11.2 Å². The SMILES string of the molecule is C=C(C)CC[C@H](C[C@]12C[C@@H](CC=C(C)C)C(C)(C)[C@](CC=C(C)C)(C(=O)C(C3=CC(=O)C(=O)C=C3)=C1O)C2=O)C(=C)C. The standard InChI is InChI=1S/C37H48O5/c1-22(2)11-13-27(25(7)8)20-36-21-28(15-12-23(3)4)35(9,10)37(34(36)42,18-17-24(5)6)33(41)31(32(36)40)26-14-16-29(38)30(39)19-26/h12,14,16-17,19,27-28,40H,1,7,11,13,15,18,20-21H2,2-6,8-10H3/t27-,28-,36+,37-/m1/s1. The third kappa shape index (κ3) is 5.67. The van der Waals surface area contributed by atoms with E-state index in [1.165, 1.54) is 6.08 Å². The molecule has 0 radical (unpaired) electrons. The van der Waals surface area contributed by atoms with Crippen molar-refractivity contribution in [2.24, 2.45) is 28.1 Å². The van der Waals surface area contributed by atoms with E-state index in [0.717, 1.165) is 47.3 Å². The molecule has 0 aliphatic heterocycles. The van der Waals surface area contributed by atoms with Crippen molar-refractivity contribution >= 4 is 23.1 Å². The van der Waals surface area contributed by atoms with Crippen molar-refractivity contribution in [3.05, 3.63) is 82.7 Å². The number of fused-ring (bicyclic) bond motifs is 2. The van der Waals surface area contributed by atoms with E-state index in [2.05, 4.69) is 19.2 Å². The van der Waals surface area contributed by atoms with Gasteiger partial charge in [-0.1, -0.05) is 54.9 Å². The second-order valence-electron chi connectivity index (χ2n) is 13.9. The molecule has 0 spiro atoms. The van der Waals surface area contributed by atoms with Crippen LogP contribution in [0.1, 0.15) is 93.9 Å². The molecule has 0 heterocycles. The van der Waals surface area contributed by atoms with Gasteiger partial charge < -0.3 is 5.11 Å². The Morgan fingerprint density at radius 3 is 2.12 bits per heavy atom. The highest BCUT2D eigenvalue weighted by atomic mass is 16.3. The Labute approximate surface area is 251 Å². The van der Waals surface area contributed by atoms with Crippen LogP contribution in [0, 0.1) is 28.1 Å². The molecule has 1 saturated carbocycles.